The molecule has 50 heavy (non-hydrogen) atoms. The van der Waals surface area contributed by atoms with Crippen LogP contribution >= 0.6 is 0 Å². The van der Waals surface area contributed by atoms with Gasteiger partial charge in [-0.2, -0.15) is 0 Å². The van der Waals surface area contributed by atoms with Crippen molar-refractivity contribution in [3.8, 4) is 33.6 Å². The molecule has 3 nitrogen and oxygen atoms in total. The number of aryl methyl sites for hydroxylation is 1. The molecule has 0 saturated carbocycles. The molecule has 0 aliphatic heterocycles. The lowest BCUT2D eigenvalue weighted by Gasteiger charge is -2.28. The summed E-state index contributed by atoms with van der Waals surface area (Å²) in [4.78, 5) is 12.2. The fourth-order valence-corrected chi connectivity index (χ4v) is 7.05. The predicted molar refractivity (Wildman–Crippen MR) is 211 cm³/mol. The van der Waals surface area contributed by atoms with Crippen molar-refractivity contribution in [3.05, 3.63) is 175 Å². The van der Waals surface area contributed by atoms with Gasteiger partial charge in [0.15, 0.2) is 0 Å². The highest BCUT2D eigenvalue weighted by atomic mass is 15.1. The van der Waals surface area contributed by atoms with Crippen LogP contribution in [0.1, 0.15) is 25.0 Å². The monoisotopic (exact) mass is 645 g/mol. The summed E-state index contributed by atoms with van der Waals surface area (Å²) in [6, 6.07) is 54.3. The van der Waals surface area contributed by atoms with E-state index in [2.05, 4.69) is 177 Å². The fourth-order valence-electron chi connectivity index (χ4n) is 7.05. The van der Waals surface area contributed by atoms with Crippen LogP contribution in [0.25, 0.3) is 55.2 Å². The Hall–Kier alpha value is -6.06. The summed E-state index contributed by atoms with van der Waals surface area (Å²) in [5.41, 5.74) is 12.2. The van der Waals surface area contributed by atoms with Crippen LogP contribution in [0.3, 0.4) is 0 Å². The van der Waals surface area contributed by atoms with Gasteiger partial charge in [-0.25, -0.2) is 0 Å². The predicted octanol–water partition coefficient (Wildman–Crippen LogP) is 12.8. The Labute approximate surface area is 294 Å². The van der Waals surface area contributed by atoms with Crippen LogP contribution in [0.4, 0.5) is 17.1 Å². The summed E-state index contributed by atoms with van der Waals surface area (Å²) in [6.07, 6.45) is 4.99. The maximum Gasteiger partial charge on any atom is 0.0709 e. The number of nitrogens with zero attached hydrogens (tertiary/aromatic N) is 3. The molecule has 0 saturated heterocycles. The standard InChI is InChI=1S/C47H39N3/c1-32(2)25-36-23-24-47(43-22-10-9-21-42(36)43)50(40-19-11-17-37(26-40)45-28-35-15-7-8-16-39(35)31-49-45)41-20-12-18-38(27-41)46-29-44(33(3)30-48-46)34-13-5-4-6-14-34/h4-24,26-32H,25H2,1-3H3. The normalized spacial score (nSPS) is 11.4. The second kappa shape index (κ2) is 13.4. The van der Waals surface area contributed by atoms with Gasteiger partial charge >= 0.3 is 0 Å². The molecule has 8 aromatic rings. The Morgan fingerprint density at radius 2 is 1.12 bits per heavy atom. The largest absolute Gasteiger partial charge is 0.310 e. The number of hydrogen-bond acceptors (Lipinski definition) is 3. The quantitative estimate of drug-likeness (QED) is 0.165. The highest BCUT2D eigenvalue weighted by Gasteiger charge is 2.19. The summed E-state index contributed by atoms with van der Waals surface area (Å²) in [6.45, 7) is 6.70. The van der Waals surface area contributed by atoms with Gasteiger partial charge in [0.2, 0.25) is 0 Å². The molecule has 2 aromatic heterocycles. The first-order valence-corrected chi connectivity index (χ1v) is 17.4. The van der Waals surface area contributed by atoms with Crippen LogP contribution in [0.15, 0.2) is 164 Å². The highest BCUT2D eigenvalue weighted by Crippen LogP contribution is 2.42. The zero-order valence-electron chi connectivity index (χ0n) is 28.7. The van der Waals surface area contributed by atoms with E-state index in [1.807, 2.05) is 12.4 Å². The SMILES string of the molecule is Cc1cnc(-c2cccc(N(c3cccc(-c4cc5ccccc5cn4)c3)c3ccc(CC(C)C)c4ccccc34)c2)cc1-c1ccccc1. The average Bonchev–Trinajstić information content (AvgIpc) is 3.16. The number of rotatable bonds is 8. The Balaban J connectivity index is 1.30. The second-order valence-electron chi connectivity index (χ2n) is 13.5. The Morgan fingerprint density at radius 3 is 1.84 bits per heavy atom. The summed E-state index contributed by atoms with van der Waals surface area (Å²) in [5, 5.41) is 4.84. The minimum atomic E-state index is 0.561. The molecule has 242 valence electrons. The minimum Gasteiger partial charge on any atom is -0.310 e. The third-order valence-corrected chi connectivity index (χ3v) is 9.48. The molecule has 0 radical (unpaired) electrons. The zero-order chi connectivity index (χ0) is 34.0. The van der Waals surface area contributed by atoms with Crippen molar-refractivity contribution in [3.63, 3.8) is 0 Å². The van der Waals surface area contributed by atoms with Gasteiger partial charge in [0, 0.05) is 45.7 Å². The van der Waals surface area contributed by atoms with Crippen LogP contribution in [0.5, 0.6) is 0 Å². The zero-order valence-corrected chi connectivity index (χ0v) is 28.7. The smallest absolute Gasteiger partial charge is 0.0709 e. The molecule has 0 amide bonds. The first-order chi connectivity index (χ1) is 24.5. The van der Waals surface area contributed by atoms with Crippen molar-refractivity contribution in [2.75, 3.05) is 4.90 Å². The van der Waals surface area contributed by atoms with E-state index >= 15 is 0 Å². The van der Waals surface area contributed by atoms with Crippen LogP contribution in [-0.2, 0) is 6.42 Å². The van der Waals surface area contributed by atoms with Crippen LogP contribution in [0.2, 0.25) is 0 Å². The van der Waals surface area contributed by atoms with Crippen LogP contribution < -0.4 is 4.90 Å². The molecular formula is C47H39N3. The molecule has 3 heteroatoms. The summed E-state index contributed by atoms with van der Waals surface area (Å²) < 4.78 is 0. The van der Waals surface area contributed by atoms with Gasteiger partial charge in [0.05, 0.1) is 17.1 Å². The molecule has 0 atom stereocenters. The van der Waals surface area contributed by atoms with Crippen molar-refractivity contribution in [1.29, 1.82) is 0 Å². The molecular weight excluding hydrogens is 607 g/mol. The fraction of sp³-hybridized carbons (Fsp3) is 0.106. The first-order valence-electron chi connectivity index (χ1n) is 17.4. The van der Waals surface area contributed by atoms with Gasteiger partial charge in [-0.15, -0.1) is 0 Å². The van der Waals surface area contributed by atoms with E-state index in [0.29, 0.717) is 5.92 Å². The number of pyridine rings is 2. The molecule has 6 aromatic carbocycles. The molecule has 2 heterocycles. The minimum absolute atomic E-state index is 0.561. The Kier molecular flexibility index (Phi) is 8.40. The molecule has 0 bridgehead atoms. The van der Waals surface area contributed by atoms with Gasteiger partial charge in [-0.3, -0.25) is 9.97 Å². The van der Waals surface area contributed by atoms with E-state index in [0.717, 1.165) is 56.9 Å². The maximum atomic E-state index is 4.92. The lowest BCUT2D eigenvalue weighted by atomic mass is 9.95. The molecule has 0 spiro atoms. The van der Waals surface area contributed by atoms with Gasteiger partial charge in [0.25, 0.3) is 0 Å². The highest BCUT2D eigenvalue weighted by molar-refractivity contribution is 6.01. The lowest BCUT2D eigenvalue weighted by Crippen LogP contribution is -2.11. The van der Waals surface area contributed by atoms with Crippen LogP contribution in [0, 0.1) is 12.8 Å². The van der Waals surface area contributed by atoms with Crippen LogP contribution in [-0.4, -0.2) is 9.97 Å². The van der Waals surface area contributed by atoms with Crippen molar-refractivity contribution >= 4 is 38.6 Å². The van der Waals surface area contributed by atoms with E-state index in [1.165, 1.54) is 32.8 Å². The average molecular weight is 646 g/mol. The van der Waals surface area contributed by atoms with Crippen molar-refractivity contribution in [2.45, 2.75) is 27.2 Å². The van der Waals surface area contributed by atoms with Gasteiger partial charge < -0.3 is 4.90 Å². The molecule has 0 N–H and O–H groups in total. The summed E-state index contributed by atoms with van der Waals surface area (Å²) >= 11 is 0. The third-order valence-electron chi connectivity index (χ3n) is 9.48. The topological polar surface area (TPSA) is 29.0 Å². The number of fused-ring (bicyclic) bond motifs is 2. The number of benzene rings is 6. The van der Waals surface area contributed by atoms with Gasteiger partial charge in [0.1, 0.15) is 0 Å². The number of hydrogen-bond donors (Lipinski definition) is 0. The summed E-state index contributed by atoms with van der Waals surface area (Å²) in [5.74, 6) is 0.561. The Bertz CT molecular complexity index is 2460. The maximum absolute atomic E-state index is 4.92. The molecule has 0 aliphatic carbocycles. The molecule has 0 unspecified atom stereocenters. The second-order valence-corrected chi connectivity index (χ2v) is 13.5. The van der Waals surface area contributed by atoms with E-state index in [4.69, 9.17) is 9.97 Å². The molecule has 0 aliphatic rings. The molecule has 0 fully saturated rings. The van der Waals surface area contributed by atoms with E-state index in [1.54, 1.807) is 0 Å². The molecule has 8 rings (SSSR count). The number of anilines is 3. The lowest BCUT2D eigenvalue weighted by molar-refractivity contribution is 0.650. The first kappa shape index (κ1) is 31.2. The van der Waals surface area contributed by atoms with E-state index in [9.17, 15) is 0 Å². The Morgan fingerprint density at radius 1 is 0.520 bits per heavy atom. The van der Waals surface area contributed by atoms with Gasteiger partial charge in [-0.05, 0) is 94.8 Å². The summed E-state index contributed by atoms with van der Waals surface area (Å²) in [7, 11) is 0. The van der Waals surface area contributed by atoms with Crippen molar-refractivity contribution in [1.82, 2.24) is 9.97 Å². The van der Waals surface area contributed by atoms with Crippen molar-refractivity contribution < 1.29 is 0 Å². The van der Waals surface area contributed by atoms with Gasteiger partial charge in [-0.1, -0.05) is 123 Å². The van der Waals surface area contributed by atoms with E-state index in [-0.39, 0.29) is 0 Å². The number of aromatic nitrogens is 2. The third kappa shape index (κ3) is 6.15. The van der Waals surface area contributed by atoms with E-state index < -0.39 is 0 Å². The van der Waals surface area contributed by atoms with Crippen molar-refractivity contribution in [2.24, 2.45) is 5.92 Å².